The standard InChI is InChI=1S/C17H20FNO2/c1-19(2)15-5-9-17(10-6-15)21-13-14-3-7-16(8-4-14)20-12-11-18/h3-10H,11-13H2,1-2H3/i18-1. The average molecular weight is 288 g/mol. The van der Waals surface area contributed by atoms with Gasteiger partial charge in [0, 0.05) is 19.8 Å². The van der Waals surface area contributed by atoms with Crippen LogP contribution in [0.3, 0.4) is 0 Å². The normalized spacial score (nSPS) is 10.2. The van der Waals surface area contributed by atoms with Crippen LogP contribution >= 0.6 is 0 Å². The summed E-state index contributed by atoms with van der Waals surface area (Å²) >= 11 is 0. The molecule has 112 valence electrons. The highest BCUT2D eigenvalue weighted by Crippen LogP contribution is 2.19. The molecule has 0 saturated heterocycles. The predicted molar refractivity (Wildman–Crippen MR) is 83.0 cm³/mol. The van der Waals surface area contributed by atoms with E-state index in [9.17, 15) is 4.39 Å². The van der Waals surface area contributed by atoms with Gasteiger partial charge in [-0.2, -0.15) is 0 Å². The Kier molecular flexibility index (Phi) is 5.43. The molecular formula is C17H20FNO2. The number of benzene rings is 2. The van der Waals surface area contributed by atoms with Gasteiger partial charge in [0.25, 0.3) is 0 Å². The van der Waals surface area contributed by atoms with Gasteiger partial charge in [-0.05, 0) is 42.0 Å². The van der Waals surface area contributed by atoms with E-state index < -0.39 is 6.67 Å². The maximum Gasteiger partial charge on any atom is 0.123 e. The summed E-state index contributed by atoms with van der Waals surface area (Å²) in [6.07, 6.45) is 0. The van der Waals surface area contributed by atoms with E-state index in [4.69, 9.17) is 9.47 Å². The lowest BCUT2D eigenvalue weighted by Gasteiger charge is -2.13. The number of alkyl halides is 1. The monoisotopic (exact) mass is 288 g/mol. The zero-order valence-corrected chi connectivity index (χ0v) is 12.4. The molecule has 0 unspecified atom stereocenters. The van der Waals surface area contributed by atoms with Crippen LogP contribution in [0.5, 0.6) is 11.5 Å². The molecule has 2 aromatic rings. The van der Waals surface area contributed by atoms with E-state index in [0.717, 1.165) is 17.0 Å². The van der Waals surface area contributed by atoms with E-state index in [1.807, 2.05) is 67.5 Å². The molecule has 0 N–H and O–H groups in total. The summed E-state index contributed by atoms with van der Waals surface area (Å²) in [6.45, 7) is 0.104. The van der Waals surface area contributed by atoms with Crippen LogP contribution < -0.4 is 14.4 Å². The van der Waals surface area contributed by atoms with Gasteiger partial charge in [0.15, 0.2) is 0 Å². The number of hydrogen-bond donors (Lipinski definition) is 0. The summed E-state index contributed by atoms with van der Waals surface area (Å²) in [5.41, 5.74) is 2.18. The second kappa shape index (κ2) is 7.53. The number of hydrogen-bond acceptors (Lipinski definition) is 3. The van der Waals surface area contributed by atoms with E-state index in [-0.39, 0.29) is 6.61 Å². The number of rotatable bonds is 7. The summed E-state index contributed by atoms with van der Waals surface area (Å²) in [4.78, 5) is 2.04. The van der Waals surface area contributed by atoms with Gasteiger partial charge in [-0.15, -0.1) is 0 Å². The molecular weight excluding hydrogens is 268 g/mol. The quantitative estimate of drug-likeness (QED) is 0.775. The Morgan fingerprint density at radius 1 is 0.857 bits per heavy atom. The third-order valence-corrected chi connectivity index (χ3v) is 3.03. The van der Waals surface area contributed by atoms with Gasteiger partial charge in [0.1, 0.15) is 31.4 Å². The fraction of sp³-hybridized carbons (Fsp3) is 0.294. The molecule has 0 aliphatic heterocycles. The van der Waals surface area contributed by atoms with Crippen molar-refractivity contribution in [1.29, 1.82) is 0 Å². The summed E-state index contributed by atoms with van der Waals surface area (Å²) in [5.74, 6) is 1.50. The molecule has 0 amide bonds. The molecule has 0 spiro atoms. The lowest BCUT2D eigenvalue weighted by molar-refractivity contribution is 0.272. The van der Waals surface area contributed by atoms with E-state index >= 15 is 0 Å². The summed E-state index contributed by atoms with van der Waals surface area (Å²) in [5, 5.41) is 0. The number of halogens is 1. The molecule has 0 atom stereocenters. The SMILES string of the molecule is CN(C)c1ccc(OCc2ccc(OCC[18F])cc2)cc1. The molecule has 0 radical (unpaired) electrons. The Bertz CT molecular complexity index is 538. The van der Waals surface area contributed by atoms with Gasteiger partial charge >= 0.3 is 0 Å². The minimum atomic E-state index is -0.478. The third-order valence-electron chi connectivity index (χ3n) is 3.03. The molecule has 0 aliphatic carbocycles. The summed E-state index contributed by atoms with van der Waals surface area (Å²) < 4.78 is 22.9. The minimum Gasteiger partial charge on any atom is -0.491 e. The fourth-order valence-corrected chi connectivity index (χ4v) is 1.85. The maximum atomic E-state index is 12.0. The van der Waals surface area contributed by atoms with Gasteiger partial charge in [-0.25, -0.2) is 4.39 Å². The van der Waals surface area contributed by atoms with Crippen LogP contribution in [0.4, 0.5) is 10.1 Å². The second-order valence-corrected chi connectivity index (χ2v) is 4.86. The molecule has 21 heavy (non-hydrogen) atoms. The van der Waals surface area contributed by atoms with Crippen LogP contribution in [0, 0.1) is 0 Å². The molecule has 0 bridgehead atoms. The van der Waals surface area contributed by atoms with Gasteiger partial charge < -0.3 is 14.4 Å². The lowest BCUT2D eigenvalue weighted by Crippen LogP contribution is -2.08. The highest BCUT2D eigenvalue weighted by Gasteiger charge is 1.99. The molecule has 0 fully saturated rings. The molecule has 2 aromatic carbocycles. The number of ether oxygens (including phenoxy) is 2. The average Bonchev–Trinajstić information content (AvgIpc) is 2.52. The van der Waals surface area contributed by atoms with Crippen molar-refractivity contribution in [1.82, 2.24) is 0 Å². The zero-order valence-electron chi connectivity index (χ0n) is 12.4. The largest absolute Gasteiger partial charge is 0.491 e. The van der Waals surface area contributed by atoms with Crippen molar-refractivity contribution in [3.05, 3.63) is 54.1 Å². The molecule has 0 heterocycles. The highest BCUT2D eigenvalue weighted by atomic mass is 18.2. The smallest absolute Gasteiger partial charge is 0.123 e. The van der Waals surface area contributed by atoms with E-state index in [1.54, 1.807) is 0 Å². The van der Waals surface area contributed by atoms with Crippen molar-refractivity contribution in [3.8, 4) is 11.5 Å². The van der Waals surface area contributed by atoms with Crippen molar-refractivity contribution >= 4 is 5.69 Å². The molecule has 0 saturated carbocycles. The van der Waals surface area contributed by atoms with Crippen LogP contribution in [0.15, 0.2) is 48.5 Å². The van der Waals surface area contributed by atoms with E-state index in [1.165, 1.54) is 0 Å². The number of anilines is 1. The predicted octanol–water partition coefficient (Wildman–Crippen LogP) is 3.68. The fourth-order valence-electron chi connectivity index (χ4n) is 1.85. The van der Waals surface area contributed by atoms with Crippen LogP contribution in [-0.2, 0) is 6.61 Å². The Morgan fingerprint density at radius 3 is 2.00 bits per heavy atom. The maximum absolute atomic E-state index is 12.0. The first-order valence-corrected chi connectivity index (χ1v) is 6.87. The van der Waals surface area contributed by atoms with Gasteiger partial charge in [0.05, 0.1) is 0 Å². The van der Waals surface area contributed by atoms with Gasteiger partial charge in [-0.1, -0.05) is 12.1 Å². The second-order valence-electron chi connectivity index (χ2n) is 4.86. The molecule has 0 aliphatic rings. The minimum absolute atomic E-state index is 0.0913. The first-order chi connectivity index (χ1) is 10.2. The summed E-state index contributed by atoms with van der Waals surface area (Å²) in [6, 6.07) is 15.4. The molecule has 3 nitrogen and oxygen atoms in total. The Balaban J connectivity index is 1.87. The summed E-state index contributed by atoms with van der Waals surface area (Å²) in [7, 11) is 4.00. The van der Waals surface area contributed by atoms with Crippen molar-refractivity contribution in [2.75, 3.05) is 32.3 Å². The molecule has 0 aromatic heterocycles. The van der Waals surface area contributed by atoms with Crippen LogP contribution in [0.1, 0.15) is 5.56 Å². The van der Waals surface area contributed by atoms with Gasteiger partial charge in [-0.3, -0.25) is 0 Å². The Hall–Kier alpha value is -2.23. The van der Waals surface area contributed by atoms with Crippen molar-refractivity contribution in [2.24, 2.45) is 0 Å². The van der Waals surface area contributed by atoms with E-state index in [0.29, 0.717) is 12.4 Å². The first kappa shape index (κ1) is 15.2. The van der Waals surface area contributed by atoms with Crippen LogP contribution in [-0.4, -0.2) is 27.4 Å². The third kappa shape index (κ3) is 4.67. The van der Waals surface area contributed by atoms with Crippen molar-refractivity contribution in [2.45, 2.75) is 6.61 Å². The van der Waals surface area contributed by atoms with Crippen LogP contribution in [0.2, 0.25) is 0 Å². The molecule has 2 rings (SSSR count). The Labute approximate surface area is 124 Å². The van der Waals surface area contributed by atoms with Crippen molar-refractivity contribution in [3.63, 3.8) is 0 Å². The molecule has 4 heteroatoms. The van der Waals surface area contributed by atoms with E-state index in [2.05, 4.69) is 0 Å². The number of nitrogens with zero attached hydrogens (tertiary/aromatic N) is 1. The first-order valence-electron chi connectivity index (χ1n) is 6.87. The van der Waals surface area contributed by atoms with Gasteiger partial charge in [0.2, 0.25) is 0 Å². The zero-order chi connectivity index (χ0) is 15.1. The Morgan fingerprint density at radius 2 is 1.43 bits per heavy atom. The topological polar surface area (TPSA) is 21.7 Å². The van der Waals surface area contributed by atoms with Crippen LogP contribution in [0.25, 0.3) is 0 Å². The lowest BCUT2D eigenvalue weighted by atomic mass is 10.2. The van der Waals surface area contributed by atoms with Crippen molar-refractivity contribution < 1.29 is 13.9 Å². The highest BCUT2D eigenvalue weighted by molar-refractivity contribution is 5.47.